The van der Waals surface area contributed by atoms with E-state index in [1.807, 2.05) is 25.6 Å². The van der Waals surface area contributed by atoms with Crippen LogP contribution in [0.4, 0.5) is 0 Å². The lowest BCUT2D eigenvalue weighted by molar-refractivity contribution is 0.316. The molecule has 2 atom stereocenters. The molecule has 4 rings (SSSR count). The second kappa shape index (κ2) is 5.24. The highest BCUT2D eigenvalue weighted by molar-refractivity contribution is 6.42. The Bertz CT molecular complexity index is 663. The fourth-order valence-corrected chi connectivity index (χ4v) is 3.46. The van der Waals surface area contributed by atoms with Gasteiger partial charge in [-0.3, -0.25) is 9.67 Å². The SMILES string of the molecule is Cn1cc(C2=CN=C(N)C3=NC(C4CCCNC4)CN23)cn1. The molecule has 116 valence electrons. The van der Waals surface area contributed by atoms with E-state index >= 15 is 0 Å². The third kappa shape index (κ3) is 2.21. The van der Waals surface area contributed by atoms with Gasteiger partial charge >= 0.3 is 0 Å². The highest BCUT2D eigenvalue weighted by Crippen LogP contribution is 2.30. The minimum absolute atomic E-state index is 0.287. The van der Waals surface area contributed by atoms with Crippen molar-refractivity contribution in [1.29, 1.82) is 0 Å². The Morgan fingerprint density at radius 3 is 3.05 bits per heavy atom. The molecule has 0 bridgehead atoms. The summed E-state index contributed by atoms with van der Waals surface area (Å²) in [6.07, 6.45) is 8.13. The van der Waals surface area contributed by atoms with Crippen LogP contribution in [-0.4, -0.2) is 52.0 Å². The van der Waals surface area contributed by atoms with Gasteiger partial charge < -0.3 is 16.0 Å². The van der Waals surface area contributed by atoms with Gasteiger partial charge in [0.25, 0.3) is 0 Å². The summed E-state index contributed by atoms with van der Waals surface area (Å²) in [6, 6.07) is 0.287. The monoisotopic (exact) mass is 299 g/mol. The lowest BCUT2D eigenvalue weighted by Crippen LogP contribution is -2.41. The molecule has 3 N–H and O–H groups in total. The molecule has 0 aliphatic carbocycles. The van der Waals surface area contributed by atoms with E-state index in [1.54, 1.807) is 4.68 Å². The number of aliphatic imine (C=N–C) groups is 2. The van der Waals surface area contributed by atoms with E-state index in [0.717, 1.165) is 36.7 Å². The molecule has 7 heteroatoms. The maximum absolute atomic E-state index is 6.05. The molecule has 1 aromatic rings. The van der Waals surface area contributed by atoms with Crippen LogP contribution in [0.25, 0.3) is 5.70 Å². The molecule has 22 heavy (non-hydrogen) atoms. The van der Waals surface area contributed by atoms with Crippen LogP contribution in [0.2, 0.25) is 0 Å². The van der Waals surface area contributed by atoms with E-state index in [2.05, 4.69) is 20.3 Å². The molecule has 3 aliphatic rings. The predicted molar refractivity (Wildman–Crippen MR) is 86.3 cm³/mol. The Morgan fingerprint density at radius 1 is 1.41 bits per heavy atom. The van der Waals surface area contributed by atoms with Crippen LogP contribution in [0.5, 0.6) is 0 Å². The number of nitrogens with two attached hydrogens (primary N) is 1. The number of fused-ring (bicyclic) bond motifs is 1. The van der Waals surface area contributed by atoms with Crippen molar-refractivity contribution in [3.05, 3.63) is 24.2 Å². The van der Waals surface area contributed by atoms with Gasteiger partial charge in [-0.1, -0.05) is 0 Å². The van der Waals surface area contributed by atoms with Crippen LogP contribution >= 0.6 is 0 Å². The zero-order valence-electron chi connectivity index (χ0n) is 12.7. The third-order valence-corrected chi connectivity index (χ3v) is 4.64. The van der Waals surface area contributed by atoms with Gasteiger partial charge in [0.05, 0.1) is 24.1 Å². The molecule has 4 heterocycles. The van der Waals surface area contributed by atoms with Crippen molar-refractivity contribution >= 4 is 17.4 Å². The smallest absolute Gasteiger partial charge is 0.171 e. The van der Waals surface area contributed by atoms with Crippen molar-refractivity contribution < 1.29 is 0 Å². The largest absolute Gasteiger partial charge is 0.381 e. The summed E-state index contributed by atoms with van der Waals surface area (Å²) in [7, 11) is 1.92. The Morgan fingerprint density at radius 2 is 2.32 bits per heavy atom. The van der Waals surface area contributed by atoms with Gasteiger partial charge in [0.15, 0.2) is 11.7 Å². The number of rotatable bonds is 2. The molecular weight excluding hydrogens is 278 g/mol. The number of hydrogen-bond acceptors (Lipinski definition) is 6. The molecule has 1 aromatic heterocycles. The maximum Gasteiger partial charge on any atom is 0.171 e. The second-order valence-corrected chi connectivity index (χ2v) is 6.17. The zero-order valence-corrected chi connectivity index (χ0v) is 12.7. The first kappa shape index (κ1) is 13.5. The molecule has 2 unspecified atom stereocenters. The molecule has 0 radical (unpaired) electrons. The summed E-state index contributed by atoms with van der Waals surface area (Å²) in [6.45, 7) is 3.03. The van der Waals surface area contributed by atoms with Gasteiger partial charge in [0.1, 0.15) is 0 Å². The summed E-state index contributed by atoms with van der Waals surface area (Å²) < 4.78 is 1.80. The highest BCUT2D eigenvalue weighted by Gasteiger charge is 2.36. The van der Waals surface area contributed by atoms with Crippen molar-refractivity contribution in [1.82, 2.24) is 20.0 Å². The van der Waals surface area contributed by atoms with Crippen molar-refractivity contribution in [2.75, 3.05) is 19.6 Å². The first-order valence-corrected chi connectivity index (χ1v) is 7.81. The minimum Gasteiger partial charge on any atom is -0.381 e. The van der Waals surface area contributed by atoms with E-state index in [0.29, 0.717) is 11.8 Å². The number of aromatic nitrogens is 2. The van der Waals surface area contributed by atoms with Gasteiger partial charge in [-0.15, -0.1) is 0 Å². The van der Waals surface area contributed by atoms with Crippen LogP contribution in [0.1, 0.15) is 18.4 Å². The lowest BCUT2D eigenvalue weighted by Gasteiger charge is -2.28. The van der Waals surface area contributed by atoms with Gasteiger partial charge in [-0.25, -0.2) is 4.99 Å². The standard InChI is InChI=1S/C15H21N7/c1-21-8-11(6-19-21)13-7-18-14(16)15-20-12(9-22(13)15)10-3-2-4-17-5-10/h6-8,10,12,17H,2-5,9H2,1H3,(H2,16,18). The van der Waals surface area contributed by atoms with E-state index in [-0.39, 0.29) is 6.04 Å². The summed E-state index contributed by atoms with van der Waals surface area (Å²) in [5.74, 6) is 1.91. The predicted octanol–water partition coefficient (Wildman–Crippen LogP) is 0.172. The number of amidine groups is 2. The molecular formula is C15H21N7. The lowest BCUT2D eigenvalue weighted by atomic mass is 9.92. The average molecular weight is 299 g/mol. The molecule has 0 aromatic carbocycles. The van der Waals surface area contributed by atoms with E-state index in [4.69, 9.17) is 10.7 Å². The summed E-state index contributed by atoms with van der Waals surface area (Å²) in [4.78, 5) is 11.4. The maximum atomic E-state index is 6.05. The minimum atomic E-state index is 0.287. The second-order valence-electron chi connectivity index (χ2n) is 6.17. The number of nitrogens with zero attached hydrogens (tertiary/aromatic N) is 5. The molecule has 0 amide bonds. The van der Waals surface area contributed by atoms with Crippen molar-refractivity contribution in [2.45, 2.75) is 18.9 Å². The van der Waals surface area contributed by atoms with Gasteiger partial charge in [0, 0.05) is 31.9 Å². The summed E-state index contributed by atoms with van der Waals surface area (Å²) >= 11 is 0. The van der Waals surface area contributed by atoms with E-state index < -0.39 is 0 Å². The van der Waals surface area contributed by atoms with Crippen LogP contribution in [-0.2, 0) is 7.05 Å². The highest BCUT2D eigenvalue weighted by atomic mass is 15.3. The fraction of sp³-hybridized carbons (Fsp3) is 0.533. The molecule has 3 aliphatic heterocycles. The van der Waals surface area contributed by atoms with Crippen LogP contribution in [0, 0.1) is 5.92 Å². The van der Waals surface area contributed by atoms with Crippen molar-refractivity contribution in [3.8, 4) is 0 Å². The molecule has 0 saturated carbocycles. The van der Waals surface area contributed by atoms with E-state index in [1.165, 1.54) is 12.8 Å². The Labute approximate surface area is 129 Å². The van der Waals surface area contributed by atoms with Gasteiger partial charge in [0.2, 0.25) is 0 Å². The van der Waals surface area contributed by atoms with Crippen molar-refractivity contribution in [3.63, 3.8) is 0 Å². The van der Waals surface area contributed by atoms with Crippen molar-refractivity contribution in [2.24, 2.45) is 28.7 Å². The number of hydrogen-bond donors (Lipinski definition) is 2. The number of piperidine rings is 1. The average Bonchev–Trinajstić information content (AvgIpc) is 3.16. The van der Waals surface area contributed by atoms with Gasteiger partial charge in [-0.2, -0.15) is 5.10 Å². The quantitative estimate of drug-likeness (QED) is 0.815. The molecule has 1 fully saturated rings. The normalized spacial score (nSPS) is 28.0. The first-order valence-electron chi connectivity index (χ1n) is 7.81. The molecule has 1 saturated heterocycles. The zero-order chi connectivity index (χ0) is 15.1. The number of aryl methyl sites for hydroxylation is 1. The van der Waals surface area contributed by atoms with E-state index in [9.17, 15) is 0 Å². The molecule has 0 spiro atoms. The Balaban J connectivity index is 1.62. The molecule has 7 nitrogen and oxygen atoms in total. The van der Waals surface area contributed by atoms with Gasteiger partial charge in [-0.05, 0) is 25.3 Å². The first-order chi connectivity index (χ1) is 10.7. The Hall–Kier alpha value is -2.15. The topological polar surface area (TPSA) is 83.8 Å². The summed E-state index contributed by atoms with van der Waals surface area (Å²) in [5, 5.41) is 7.73. The fourth-order valence-electron chi connectivity index (χ4n) is 3.46. The number of nitrogens with one attached hydrogen (secondary N) is 1. The van der Waals surface area contributed by atoms with Crippen LogP contribution < -0.4 is 11.1 Å². The Kier molecular flexibility index (Phi) is 3.22. The van der Waals surface area contributed by atoms with Crippen LogP contribution in [0.15, 0.2) is 28.6 Å². The third-order valence-electron chi connectivity index (χ3n) is 4.64. The summed E-state index contributed by atoms with van der Waals surface area (Å²) in [5.41, 5.74) is 8.14. The van der Waals surface area contributed by atoms with Crippen LogP contribution in [0.3, 0.4) is 0 Å².